The molecule has 3 aromatic carbocycles. The van der Waals surface area contributed by atoms with E-state index in [9.17, 15) is 19.2 Å². The van der Waals surface area contributed by atoms with Gasteiger partial charge in [0.15, 0.2) is 0 Å². The number of hydrogen-bond donors (Lipinski definition) is 0. The molecule has 174 valence electrons. The van der Waals surface area contributed by atoms with Crippen LogP contribution < -0.4 is 0 Å². The van der Waals surface area contributed by atoms with Gasteiger partial charge in [0.05, 0.1) is 24.5 Å². The van der Waals surface area contributed by atoms with Crippen molar-refractivity contribution in [2.24, 2.45) is 11.8 Å². The molecule has 0 unspecified atom stereocenters. The molecule has 2 heterocycles. The van der Waals surface area contributed by atoms with Crippen LogP contribution in [-0.4, -0.2) is 33.9 Å². The predicted octanol–water partition coefficient (Wildman–Crippen LogP) is 4.64. The Balaban J connectivity index is 1.48. The summed E-state index contributed by atoms with van der Waals surface area (Å²) in [6, 6.07) is 20.6. The molecule has 1 aliphatic carbocycles. The molecule has 6 nitrogen and oxygen atoms in total. The minimum atomic E-state index is -2.05. The van der Waals surface area contributed by atoms with Gasteiger partial charge in [-0.2, -0.15) is 0 Å². The summed E-state index contributed by atoms with van der Waals surface area (Å²) in [5.74, 6) is -4.37. The van der Waals surface area contributed by atoms with E-state index in [0.717, 1.165) is 8.47 Å². The number of Topliss-reactive ketones (excluding diaryl/α,β-unsaturated/α-hetero) is 2. The maximum atomic E-state index is 13.8. The number of imide groups is 1. The minimum absolute atomic E-state index is 0.0205. The third-order valence-corrected chi connectivity index (χ3v) is 8.03. The number of nitrogens with zero attached hydrogens (tertiary/aromatic N) is 1. The van der Waals surface area contributed by atoms with Gasteiger partial charge in [0.1, 0.15) is 0 Å². The first-order chi connectivity index (χ1) is 16.8. The van der Waals surface area contributed by atoms with Gasteiger partial charge in [0.2, 0.25) is 29.0 Å². The number of rotatable bonds is 3. The highest BCUT2D eigenvalue weighted by atomic mass is 127. The number of benzene rings is 3. The molecule has 2 aliphatic heterocycles. The maximum Gasteiger partial charge on any atom is 0.237 e. The van der Waals surface area contributed by atoms with E-state index in [-0.39, 0.29) is 17.7 Å². The molecule has 0 N–H and O–H groups in total. The molecule has 2 amide bonds. The van der Waals surface area contributed by atoms with Gasteiger partial charge >= 0.3 is 0 Å². The van der Waals surface area contributed by atoms with Crippen LogP contribution in [0.15, 0.2) is 72.8 Å². The molecular weight excluding hydrogens is 581 g/mol. The third-order valence-electron chi connectivity index (χ3n) is 7.06. The number of fused-ring (bicyclic) bond motifs is 3. The summed E-state index contributed by atoms with van der Waals surface area (Å²) >= 11 is 8.15. The number of carbonyl (C=O) groups excluding carboxylic acids is 4. The van der Waals surface area contributed by atoms with Crippen molar-refractivity contribution in [1.82, 2.24) is 4.90 Å². The first kappa shape index (κ1) is 22.6. The van der Waals surface area contributed by atoms with Crippen molar-refractivity contribution in [1.29, 1.82) is 0 Å². The normalized spacial score (nSPS) is 24.4. The van der Waals surface area contributed by atoms with Gasteiger partial charge in [-0.3, -0.25) is 24.1 Å². The molecule has 0 bridgehead atoms. The fourth-order valence-corrected chi connectivity index (χ4v) is 5.94. The SMILES string of the molecule is O=C1[C@@H]2[C@H](c3ccc(I)cc3)OC3(C(=O)c4ccccc4C3=O)[C@H]2C(=O)N1Cc1ccc(Cl)cc1. The molecule has 2 fully saturated rings. The molecule has 1 spiro atoms. The van der Waals surface area contributed by atoms with Gasteiger partial charge in [0.25, 0.3) is 0 Å². The average molecular weight is 598 g/mol. The number of halogens is 2. The lowest BCUT2D eigenvalue weighted by molar-refractivity contribution is -0.145. The van der Waals surface area contributed by atoms with Gasteiger partial charge in [0, 0.05) is 19.7 Å². The summed E-state index contributed by atoms with van der Waals surface area (Å²) in [5.41, 5.74) is -0.261. The van der Waals surface area contributed by atoms with Crippen LogP contribution in [0.5, 0.6) is 0 Å². The number of ketones is 2. The Hall–Kier alpha value is -2.88. The standard InChI is InChI=1S/C27H17ClINO5/c28-16-9-5-14(6-10-16)13-30-25(33)20-21(26(30)34)27(35-22(20)15-7-11-17(29)12-8-15)23(31)18-3-1-2-4-19(18)24(27)32/h1-12,20-22H,13H2/t20-,21+,22-/m0/s1. The van der Waals surface area contributed by atoms with Crippen LogP contribution in [0.4, 0.5) is 0 Å². The van der Waals surface area contributed by atoms with Crippen LogP contribution in [0.25, 0.3) is 0 Å². The molecule has 3 atom stereocenters. The Bertz CT molecular complexity index is 1380. The smallest absolute Gasteiger partial charge is 0.237 e. The second kappa shape index (κ2) is 8.08. The maximum absolute atomic E-state index is 13.8. The molecule has 35 heavy (non-hydrogen) atoms. The van der Waals surface area contributed by atoms with E-state index in [0.29, 0.717) is 16.1 Å². The summed E-state index contributed by atoms with van der Waals surface area (Å²) in [6.45, 7) is 0.0205. The van der Waals surface area contributed by atoms with Gasteiger partial charge in [-0.15, -0.1) is 0 Å². The van der Waals surface area contributed by atoms with Gasteiger partial charge in [-0.25, -0.2) is 0 Å². The summed E-state index contributed by atoms with van der Waals surface area (Å²) in [6.07, 6.45) is -0.911. The summed E-state index contributed by atoms with van der Waals surface area (Å²) in [4.78, 5) is 56.1. The van der Waals surface area contributed by atoms with E-state index < -0.39 is 46.9 Å². The van der Waals surface area contributed by atoms with Crippen LogP contribution >= 0.6 is 34.2 Å². The van der Waals surface area contributed by atoms with Gasteiger partial charge < -0.3 is 4.74 Å². The number of ether oxygens (including phenoxy) is 1. The van der Waals surface area contributed by atoms with Crippen LogP contribution in [0.1, 0.15) is 37.9 Å². The van der Waals surface area contributed by atoms with Crippen molar-refractivity contribution in [3.05, 3.63) is 104 Å². The van der Waals surface area contributed by atoms with Gasteiger partial charge in [-0.05, 0) is 58.0 Å². The van der Waals surface area contributed by atoms with Crippen LogP contribution in [0.3, 0.4) is 0 Å². The largest absolute Gasteiger partial charge is 0.349 e. The van der Waals surface area contributed by atoms with E-state index in [1.165, 1.54) is 0 Å². The number of likely N-dealkylation sites (tertiary alicyclic amines) is 1. The number of amides is 2. The monoisotopic (exact) mass is 597 g/mol. The Morgan fingerprint density at radius 1 is 0.829 bits per heavy atom. The highest BCUT2D eigenvalue weighted by molar-refractivity contribution is 14.1. The molecular formula is C27H17ClINO5. The topological polar surface area (TPSA) is 80.8 Å². The Morgan fingerprint density at radius 2 is 1.43 bits per heavy atom. The highest BCUT2D eigenvalue weighted by Crippen LogP contribution is 2.57. The lowest BCUT2D eigenvalue weighted by atomic mass is 9.77. The quantitative estimate of drug-likeness (QED) is 0.250. The van der Waals surface area contributed by atoms with E-state index in [1.54, 1.807) is 60.7 Å². The fraction of sp³-hybridized carbons (Fsp3) is 0.185. The zero-order chi connectivity index (χ0) is 24.5. The zero-order valence-corrected chi connectivity index (χ0v) is 21.0. The predicted molar refractivity (Wildman–Crippen MR) is 135 cm³/mol. The van der Waals surface area contributed by atoms with E-state index >= 15 is 0 Å². The molecule has 6 rings (SSSR count). The second-order valence-electron chi connectivity index (χ2n) is 8.92. The van der Waals surface area contributed by atoms with E-state index in [1.807, 2.05) is 12.1 Å². The van der Waals surface area contributed by atoms with Crippen LogP contribution in [0.2, 0.25) is 5.02 Å². The summed E-state index contributed by atoms with van der Waals surface area (Å²) in [5, 5.41) is 0.538. The lowest BCUT2D eigenvalue weighted by Crippen LogP contribution is -2.50. The Morgan fingerprint density at radius 3 is 2.03 bits per heavy atom. The molecule has 3 aromatic rings. The number of hydrogen-bond acceptors (Lipinski definition) is 5. The van der Waals surface area contributed by atoms with Crippen molar-refractivity contribution < 1.29 is 23.9 Å². The second-order valence-corrected chi connectivity index (χ2v) is 10.6. The van der Waals surface area contributed by atoms with Crippen molar-refractivity contribution in [3.8, 4) is 0 Å². The molecule has 3 aliphatic rings. The zero-order valence-electron chi connectivity index (χ0n) is 18.1. The van der Waals surface area contributed by atoms with E-state index in [2.05, 4.69) is 22.6 Å². The van der Waals surface area contributed by atoms with E-state index in [4.69, 9.17) is 16.3 Å². The third kappa shape index (κ3) is 3.18. The minimum Gasteiger partial charge on any atom is -0.349 e. The summed E-state index contributed by atoms with van der Waals surface area (Å²) < 4.78 is 7.26. The average Bonchev–Trinajstić information content (AvgIpc) is 3.42. The highest BCUT2D eigenvalue weighted by Gasteiger charge is 2.74. The first-order valence-electron chi connectivity index (χ1n) is 11.0. The van der Waals surface area contributed by atoms with Crippen molar-refractivity contribution in [3.63, 3.8) is 0 Å². The molecule has 2 saturated heterocycles. The Kier molecular flexibility index (Phi) is 5.21. The van der Waals surface area contributed by atoms with Crippen LogP contribution in [-0.2, 0) is 20.9 Å². The van der Waals surface area contributed by atoms with Crippen molar-refractivity contribution in [2.45, 2.75) is 18.2 Å². The van der Waals surface area contributed by atoms with Crippen molar-refractivity contribution >= 4 is 57.6 Å². The molecule has 0 saturated carbocycles. The van der Waals surface area contributed by atoms with Gasteiger partial charge in [-0.1, -0.05) is 60.1 Å². The van der Waals surface area contributed by atoms with Crippen molar-refractivity contribution in [2.75, 3.05) is 0 Å². The van der Waals surface area contributed by atoms with Crippen LogP contribution in [0, 0.1) is 15.4 Å². The lowest BCUT2D eigenvalue weighted by Gasteiger charge is -2.27. The number of carbonyl (C=O) groups is 4. The molecule has 0 radical (unpaired) electrons. The summed E-state index contributed by atoms with van der Waals surface area (Å²) in [7, 11) is 0. The fourth-order valence-electron chi connectivity index (χ4n) is 5.46. The Labute approximate surface area is 219 Å². The first-order valence-corrected chi connectivity index (χ1v) is 12.5. The molecule has 8 heteroatoms. The molecule has 0 aromatic heterocycles.